The highest BCUT2D eigenvalue weighted by atomic mass is 16.2. The molecule has 1 aliphatic rings. The van der Waals surface area contributed by atoms with Crippen molar-refractivity contribution in [1.29, 1.82) is 0 Å². The van der Waals surface area contributed by atoms with Gasteiger partial charge in [0, 0.05) is 45.0 Å². The van der Waals surface area contributed by atoms with Gasteiger partial charge in [-0.3, -0.25) is 4.90 Å². The maximum atomic E-state index is 8.96. The van der Waals surface area contributed by atoms with E-state index in [-0.39, 0.29) is 0 Å². The quantitative estimate of drug-likeness (QED) is 0.849. The molecule has 4 heteroatoms. The van der Waals surface area contributed by atoms with Crippen LogP contribution in [0.2, 0.25) is 0 Å². The second kappa shape index (κ2) is 7.46. The summed E-state index contributed by atoms with van der Waals surface area (Å²) in [7, 11) is 0. The molecule has 1 aromatic heterocycles. The van der Waals surface area contributed by atoms with Crippen molar-refractivity contribution in [1.82, 2.24) is 9.88 Å². The monoisotopic (exact) mass is 263 g/mol. The highest BCUT2D eigenvalue weighted by molar-refractivity contribution is 5.38. The lowest BCUT2D eigenvalue weighted by atomic mass is 10.1. The summed E-state index contributed by atoms with van der Waals surface area (Å²) in [6.45, 7) is 6.85. The van der Waals surface area contributed by atoms with Gasteiger partial charge < -0.3 is 10.0 Å². The topological polar surface area (TPSA) is 39.6 Å². The predicted octanol–water partition coefficient (Wildman–Crippen LogP) is 1.75. The van der Waals surface area contributed by atoms with Gasteiger partial charge in [0.1, 0.15) is 5.82 Å². The smallest absolute Gasteiger partial charge is 0.128 e. The van der Waals surface area contributed by atoms with Crippen molar-refractivity contribution in [3.05, 3.63) is 24.4 Å². The normalized spacial score (nSPS) is 18.5. The average Bonchev–Trinajstić information content (AvgIpc) is 2.49. The zero-order valence-electron chi connectivity index (χ0n) is 11.8. The molecule has 0 aromatic carbocycles. The fourth-order valence-corrected chi connectivity index (χ4v) is 2.83. The average molecular weight is 263 g/mol. The summed E-state index contributed by atoms with van der Waals surface area (Å²) in [4.78, 5) is 9.34. The van der Waals surface area contributed by atoms with Crippen LogP contribution in [-0.2, 0) is 0 Å². The van der Waals surface area contributed by atoms with Crippen molar-refractivity contribution < 1.29 is 5.11 Å². The Bertz CT molecular complexity index is 350. The van der Waals surface area contributed by atoms with E-state index < -0.39 is 0 Å². The minimum absolute atomic E-state index is 0.310. The number of pyridine rings is 1. The van der Waals surface area contributed by atoms with Crippen molar-refractivity contribution in [2.24, 2.45) is 0 Å². The van der Waals surface area contributed by atoms with Crippen molar-refractivity contribution in [2.45, 2.75) is 32.2 Å². The summed E-state index contributed by atoms with van der Waals surface area (Å²) in [6.07, 6.45) is 5.05. The molecule has 2 rings (SSSR count). The summed E-state index contributed by atoms with van der Waals surface area (Å²) >= 11 is 0. The Labute approximate surface area is 116 Å². The molecule has 106 valence electrons. The van der Waals surface area contributed by atoms with Crippen LogP contribution < -0.4 is 4.90 Å². The van der Waals surface area contributed by atoms with Gasteiger partial charge in [0.25, 0.3) is 0 Å². The molecule has 1 aliphatic heterocycles. The molecule has 0 spiro atoms. The Kier molecular flexibility index (Phi) is 5.61. The molecule has 2 heterocycles. The summed E-state index contributed by atoms with van der Waals surface area (Å²) in [5.74, 6) is 1.09. The zero-order chi connectivity index (χ0) is 13.5. The lowest BCUT2D eigenvalue weighted by Crippen LogP contribution is -2.50. The van der Waals surface area contributed by atoms with Crippen LogP contribution in [0.5, 0.6) is 0 Å². The van der Waals surface area contributed by atoms with Gasteiger partial charge in [-0.1, -0.05) is 13.0 Å². The fourth-order valence-electron chi connectivity index (χ4n) is 2.83. The lowest BCUT2D eigenvalue weighted by molar-refractivity contribution is 0.159. The van der Waals surface area contributed by atoms with Crippen LogP contribution in [0, 0.1) is 0 Å². The standard InChI is InChI=1S/C15H25N3O/c1-2-14(6-5-13-19)17-9-11-18(12-10-17)15-7-3-4-8-16-15/h3-4,7-8,14,19H,2,5-6,9-13H2,1H3. The Balaban J connectivity index is 1.84. The maximum absolute atomic E-state index is 8.96. The third kappa shape index (κ3) is 3.91. The number of aliphatic hydroxyl groups is 1. The number of aromatic nitrogens is 1. The molecule has 19 heavy (non-hydrogen) atoms. The first kappa shape index (κ1) is 14.3. The molecule has 1 unspecified atom stereocenters. The van der Waals surface area contributed by atoms with E-state index in [1.807, 2.05) is 18.3 Å². The second-order valence-corrected chi connectivity index (χ2v) is 5.14. The van der Waals surface area contributed by atoms with Gasteiger partial charge in [-0.05, 0) is 31.4 Å². The Hall–Kier alpha value is -1.13. The molecule has 1 aromatic rings. The first-order valence-corrected chi connectivity index (χ1v) is 7.36. The van der Waals surface area contributed by atoms with Crippen LogP contribution >= 0.6 is 0 Å². The predicted molar refractivity (Wildman–Crippen MR) is 78.4 cm³/mol. The van der Waals surface area contributed by atoms with E-state index in [0.717, 1.165) is 44.8 Å². The van der Waals surface area contributed by atoms with Crippen LogP contribution in [-0.4, -0.2) is 53.8 Å². The first-order chi connectivity index (χ1) is 9.35. The largest absolute Gasteiger partial charge is 0.396 e. The molecule has 0 saturated carbocycles. The van der Waals surface area contributed by atoms with Crippen molar-refractivity contribution in [3.63, 3.8) is 0 Å². The first-order valence-electron chi connectivity index (χ1n) is 7.36. The van der Waals surface area contributed by atoms with Crippen molar-refractivity contribution in [3.8, 4) is 0 Å². The molecule has 0 amide bonds. The Morgan fingerprint density at radius 1 is 1.26 bits per heavy atom. The minimum atomic E-state index is 0.310. The van der Waals surface area contributed by atoms with Gasteiger partial charge in [0.05, 0.1) is 0 Å². The van der Waals surface area contributed by atoms with E-state index >= 15 is 0 Å². The van der Waals surface area contributed by atoms with Crippen LogP contribution in [0.25, 0.3) is 0 Å². The second-order valence-electron chi connectivity index (χ2n) is 5.14. The third-order valence-corrected chi connectivity index (χ3v) is 3.97. The molecule has 0 aliphatic carbocycles. The van der Waals surface area contributed by atoms with E-state index in [1.165, 1.54) is 6.42 Å². The zero-order valence-corrected chi connectivity index (χ0v) is 11.8. The molecule has 0 radical (unpaired) electrons. The van der Waals surface area contributed by atoms with Crippen molar-refractivity contribution >= 4 is 5.82 Å². The molecular formula is C15H25N3O. The molecule has 1 N–H and O–H groups in total. The van der Waals surface area contributed by atoms with Crippen LogP contribution in [0.3, 0.4) is 0 Å². The summed E-state index contributed by atoms with van der Waals surface area (Å²) in [5, 5.41) is 8.96. The number of piperazine rings is 1. The maximum Gasteiger partial charge on any atom is 0.128 e. The van der Waals surface area contributed by atoms with Crippen LogP contribution in [0.15, 0.2) is 24.4 Å². The number of anilines is 1. The van der Waals surface area contributed by atoms with Crippen molar-refractivity contribution in [2.75, 3.05) is 37.7 Å². The summed E-state index contributed by atoms with van der Waals surface area (Å²) < 4.78 is 0. The number of hydrogen-bond acceptors (Lipinski definition) is 4. The van der Waals surface area contributed by atoms with E-state index in [9.17, 15) is 0 Å². The minimum Gasteiger partial charge on any atom is -0.396 e. The van der Waals surface area contributed by atoms with Gasteiger partial charge in [-0.15, -0.1) is 0 Å². The molecular weight excluding hydrogens is 238 g/mol. The van der Waals surface area contributed by atoms with Gasteiger partial charge in [0.2, 0.25) is 0 Å². The molecule has 1 saturated heterocycles. The Morgan fingerprint density at radius 3 is 2.63 bits per heavy atom. The molecule has 1 fully saturated rings. The van der Waals surface area contributed by atoms with Gasteiger partial charge in [0.15, 0.2) is 0 Å². The SMILES string of the molecule is CCC(CCCO)N1CCN(c2ccccn2)CC1. The highest BCUT2D eigenvalue weighted by Gasteiger charge is 2.22. The number of nitrogens with zero attached hydrogens (tertiary/aromatic N) is 3. The summed E-state index contributed by atoms with van der Waals surface area (Å²) in [5.41, 5.74) is 0. The number of rotatable bonds is 6. The fraction of sp³-hybridized carbons (Fsp3) is 0.667. The van der Waals surface area contributed by atoms with Crippen LogP contribution in [0.4, 0.5) is 5.82 Å². The van der Waals surface area contributed by atoms with E-state index in [4.69, 9.17) is 5.11 Å². The van der Waals surface area contributed by atoms with Gasteiger partial charge >= 0.3 is 0 Å². The van der Waals surface area contributed by atoms with Gasteiger partial charge in [-0.25, -0.2) is 4.98 Å². The highest BCUT2D eigenvalue weighted by Crippen LogP contribution is 2.17. The Morgan fingerprint density at radius 2 is 2.05 bits per heavy atom. The molecule has 1 atom stereocenters. The lowest BCUT2D eigenvalue weighted by Gasteiger charge is -2.39. The van der Waals surface area contributed by atoms with E-state index in [1.54, 1.807) is 0 Å². The molecule has 0 bridgehead atoms. The summed E-state index contributed by atoms with van der Waals surface area (Å²) in [6, 6.07) is 6.71. The number of hydrogen-bond donors (Lipinski definition) is 1. The molecule has 4 nitrogen and oxygen atoms in total. The van der Waals surface area contributed by atoms with E-state index in [0.29, 0.717) is 12.6 Å². The third-order valence-electron chi connectivity index (χ3n) is 3.97. The number of aliphatic hydroxyl groups excluding tert-OH is 1. The van der Waals surface area contributed by atoms with E-state index in [2.05, 4.69) is 27.8 Å². The van der Waals surface area contributed by atoms with Gasteiger partial charge in [-0.2, -0.15) is 0 Å². The van der Waals surface area contributed by atoms with Crippen LogP contribution in [0.1, 0.15) is 26.2 Å².